The van der Waals surface area contributed by atoms with Crippen LogP contribution in [0.4, 0.5) is 19.0 Å². The summed E-state index contributed by atoms with van der Waals surface area (Å²) in [4.78, 5) is 18.1. The highest BCUT2D eigenvalue weighted by atomic mass is 19.1. The molecule has 0 radical (unpaired) electrons. The number of halogens is 3. The van der Waals surface area contributed by atoms with E-state index in [1.165, 1.54) is 24.4 Å². The first kappa shape index (κ1) is 35.3. The van der Waals surface area contributed by atoms with Gasteiger partial charge >= 0.3 is 6.01 Å². The van der Waals surface area contributed by atoms with E-state index >= 15 is 13.2 Å². The molecule has 2 saturated heterocycles. The number of benzene rings is 2. The molecule has 8 rings (SSSR count). The van der Waals surface area contributed by atoms with Gasteiger partial charge < -0.3 is 29.3 Å². The smallest absolute Gasteiger partial charge is 0.319 e. The van der Waals surface area contributed by atoms with Crippen molar-refractivity contribution in [1.29, 1.82) is 0 Å². The largest absolute Gasteiger partial charge is 0.508 e. The second-order valence-electron chi connectivity index (χ2n) is 15.5. The number of alkyl halides is 1. The number of ether oxygens (including phenoxy) is 3. The number of pyridine rings is 1. The van der Waals surface area contributed by atoms with Crippen molar-refractivity contribution in [1.82, 2.24) is 19.9 Å². The predicted molar refractivity (Wildman–Crippen MR) is 190 cm³/mol. The first-order valence-electron chi connectivity index (χ1n) is 18.4. The Bertz CT molecular complexity index is 1990. The SMILES string of the molecule is CCc1c(F)ccc2cc(O)cc(-c3ncc4c(N5CCOC[C@@](C)(O)C5)nc(OC[C@]56CCC[C@H]5N(C5CC(OC)C5)C[C@@H](F)C6)nc4c3F)c12. The number of aromatic nitrogens is 3. The monoisotopic (exact) mass is 721 g/mol. The van der Waals surface area contributed by atoms with Gasteiger partial charge in [-0.25, -0.2) is 13.2 Å². The van der Waals surface area contributed by atoms with E-state index < -0.39 is 28.8 Å². The second-order valence-corrected chi connectivity index (χ2v) is 15.5. The minimum absolute atomic E-state index is 0.0694. The molecular formula is C39H46F3N5O5. The van der Waals surface area contributed by atoms with E-state index in [2.05, 4.69) is 14.9 Å². The molecule has 2 aromatic carbocycles. The Balaban J connectivity index is 1.22. The molecule has 2 N–H and O–H groups in total. The van der Waals surface area contributed by atoms with Gasteiger partial charge in [-0.05, 0) is 80.0 Å². The van der Waals surface area contributed by atoms with Gasteiger partial charge in [0.2, 0.25) is 0 Å². The van der Waals surface area contributed by atoms with Crippen molar-refractivity contribution in [2.24, 2.45) is 5.41 Å². The zero-order chi connectivity index (χ0) is 36.4. The maximum Gasteiger partial charge on any atom is 0.319 e. The normalized spacial score (nSPS) is 29.6. The molecule has 4 fully saturated rings. The number of nitrogens with zero attached hydrogens (tertiary/aromatic N) is 5. The standard InChI is InChI=1S/C39H46F3N5O5/c1-4-27-30(41)8-7-22-12-25(48)15-28(32(22)27)34-33(42)35-29(17-43-34)36(46-10-11-51-20-38(2,49)19-46)45-37(44-35)52-21-39-9-5-6-31(39)47(18-23(40)16-39)24-13-26(14-24)50-3/h7-8,12,15,17,23-24,26,31,48-49H,4-6,9-11,13-14,16,18-21H2,1-3H3/t23-,24?,26?,31+,38-,39+/m0/s1. The lowest BCUT2D eigenvalue weighted by Gasteiger charge is -2.53. The number of rotatable bonds is 8. The van der Waals surface area contributed by atoms with Crippen LogP contribution in [0.3, 0.4) is 0 Å². The lowest BCUT2D eigenvalue weighted by molar-refractivity contribution is -0.103. The van der Waals surface area contributed by atoms with E-state index in [1.54, 1.807) is 20.1 Å². The van der Waals surface area contributed by atoms with Crippen LogP contribution in [0, 0.1) is 17.0 Å². The fourth-order valence-corrected chi connectivity index (χ4v) is 9.31. The third-order valence-corrected chi connectivity index (χ3v) is 11.8. The number of methoxy groups -OCH3 is 1. The quantitative estimate of drug-likeness (QED) is 0.221. The van der Waals surface area contributed by atoms with E-state index in [0.717, 1.165) is 32.1 Å². The Morgan fingerprint density at radius 1 is 1.15 bits per heavy atom. The van der Waals surface area contributed by atoms with Crippen molar-refractivity contribution in [2.75, 3.05) is 51.5 Å². The predicted octanol–water partition coefficient (Wildman–Crippen LogP) is 6.12. The molecule has 2 saturated carbocycles. The third-order valence-electron chi connectivity index (χ3n) is 11.8. The molecule has 2 aliphatic heterocycles. The molecule has 0 unspecified atom stereocenters. The number of phenols is 1. The van der Waals surface area contributed by atoms with Gasteiger partial charge in [0.15, 0.2) is 5.82 Å². The number of hydrogen-bond acceptors (Lipinski definition) is 10. The van der Waals surface area contributed by atoms with Gasteiger partial charge in [0.05, 0.1) is 37.9 Å². The maximum atomic E-state index is 17.1. The number of anilines is 1. The summed E-state index contributed by atoms with van der Waals surface area (Å²) in [5.74, 6) is -1.02. The highest BCUT2D eigenvalue weighted by molar-refractivity contribution is 6.01. The Morgan fingerprint density at radius 2 is 1.98 bits per heavy atom. The average molecular weight is 722 g/mol. The van der Waals surface area contributed by atoms with Crippen LogP contribution in [0.5, 0.6) is 11.8 Å². The summed E-state index contributed by atoms with van der Waals surface area (Å²) in [6.07, 6.45) is 5.82. The lowest BCUT2D eigenvalue weighted by Crippen LogP contribution is -2.62. The van der Waals surface area contributed by atoms with Crippen LogP contribution in [0.25, 0.3) is 32.9 Å². The molecule has 2 aliphatic carbocycles. The molecule has 2 aromatic heterocycles. The minimum Gasteiger partial charge on any atom is -0.508 e. The van der Waals surface area contributed by atoms with E-state index in [-0.39, 0.29) is 66.5 Å². The number of aliphatic hydroxyl groups is 1. The first-order valence-corrected chi connectivity index (χ1v) is 18.4. The van der Waals surface area contributed by atoms with E-state index in [9.17, 15) is 10.2 Å². The highest BCUT2D eigenvalue weighted by Crippen LogP contribution is 2.51. The number of likely N-dealkylation sites (tertiary alicyclic amines) is 1. The number of piperidine rings is 1. The van der Waals surface area contributed by atoms with Crippen molar-refractivity contribution in [3.05, 3.63) is 47.7 Å². The number of hydrogen-bond donors (Lipinski definition) is 2. The Labute approximate surface area is 300 Å². The molecular weight excluding hydrogens is 675 g/mol. The molecule has 0 spiro atoms. The summed E-state index contributed by atoms with van der Waals surface area (Å²) in [5, 5.41) is 23.0. The number of β-amino-alcohol motifs (C(OH)–C–C–N with tert-alkyl or cyclic N) is 1. The molecule has 4 heterocycles. The lowest BCUT2D eigenvalue weighted by atomic mass is 9.72. The first-order chi connectivity index (χ1) is 25.0. The van der Waals surface area contributed by atoms with Gasteiger partial charge in [0.25, 0.3) is 0 Å². The van der Waals surface area contributed by atoms with Crippen LogP contribution in [0.2, 0.25) is 0 Å². The number of aryl methyl sites for hydroxylation is 1. The van der Waals surface area contributed by atoms with E-state index in [4.69, 9.17) is 19.2 Å². The summed E-state index contributed by atoms with van der Waals surface area (Å²) in [6.45, 7) is 4.96. The van der Waals surface area contributed by atoms with Crippen LogP contribution >= 0.6 is 0 Å². The van der Waals surface area contributed by atoms with Crippen molar-refractivity contribution in [2.45, 2.75) is 88.8 Å². The Hall–Kier alpha value is -3.78. The van der Waals surface area contributed by atoms with E-state index in [0.29, 0.717) is 60.1 Å². The molecule has 4 atom stereocenters. The summed E-state index contributed by atoms with van der Waals surface area (Å²) >= 11 is 0. The molecule has 0 amide bonds. The molecule has 52 heavy (non-hydrogen) atoms. The number of aromatic hydroxyl groups is 1. The average Bonchev–Trinajstić information content (AvgIpc) is 3.43. The summed E-state index contributed by atoms with van der Waals surface area (Å²) in [7, 11) is 1.72. The van der Waals surface area contributed by atoms with Gasteiger partial charge in [-0.2, -0.15) is 9.97 Å². The number of phenolic OH excluding ortho intramolecular Hbond substituents is 1. The molecule has 4 aliphatic rings. The zero-order valence-corrected chi connectivity index (χ0v) is 29.9. The number of fused-ring (bicyclic) bond motifs is 3. The van der Waals surface area contributed by atoms with Crippen LogP contribution in [-0.2, 0) is 15.9 Å². The summed E-state index contributed by atoms with van der Waals surface area (Å²) in [6, 6.07) is 6.13. The Kier molecular flexibility index (Phi) is 9.20. The van der Waals surface area contributed by atoms with Crippen molar-refractivity contribution < 1.29 is 37.6 Å². The van der Waals surface area contributed by atoms with Gasteiger partial charge in [0.1, 0.15) is 40.4 Å². The minimum atomic E-state index is -1.22. The van der Waals surface area contributed by atoms with E-state index in [1.807, 2.05) is 11.8 Å². The molecule has 0 bridgehead atoms. The molecule has 278 valence electrons. The van der Waals surface area contributed by atoms with Gasteiger partial charge in [0, 0.05) is 49.5 Å². The second kappa shape index (κ2) is 13.6. The van der Waals surface area contributed by atoms with Crippen molar-refractivity contribution in [3.8, 4) is 23.0 Å². The van der Waals surface area contributed by atoms with Crippen LogP contribution < -0.4 is 9.64 Å². The summed E-state index contributed by atoms with van der Waals surface area (Å²) in [5.41, 5.74) is -1.25. The fourth-order valence-electron chi connectivity index (χ4n) is 9.31. The summed E-state index contributed by atoms with van der Waals surface area (Å²) < 4.78 is 65.3. The Morgan fingerprint density at radius 3 is 2.77 bits per heavy atom. The van der Waals surface area contributed by atoms with Crippen molar-refractivity contribution in [3.63, 3.8) is 0 Å². The zero-order valence-electron chi connectivity index (χ0n) is 29.9. The van der Waals surface area contributed by atoms with Gasteiger partial charge in [-0.1, -0.05) is 19.4 Å². The van der Waals surface area contributed by atoms with Gasteiger partial charge in [-0.15, -0.1) is 0 Å². The fraction of sp³-hybridized carbons (Fsp3) is 0.564. The maximum absolute atomic E-state index is 17.1. The van der Waals surface area contributed by atoms with Crippen molar-refractivity contribution >= 4 is 27.5 Å². The van der Waals surface area contributed by atoms with Crippen LogP contribution in [0.15, 0.2) is 30.5 Å². The molecule has 13 heteroatoms. The molecule has 4 aromatic rings. The van der Waals surface area contributed by atoms with Crippen LogP contribution in [-0.4, -0.2) is 107 Å². The van der Waals surface area contributed by atoms with Gasteiger partial charge in [-0.3, -0.25) is 9.88 Å². The third kappa shape index (κ3) is 6.22. The highest BCUT2D eigenvalue weighted by Gasteiger charge is 2.54. The topological polar surface area (TPSA) is 113 Å². The molecule has 10 nitrogen and oxygen atoms in total. The van der Waals surface area contributed by atoms with Crippen LogP contribution in [0.1, 0.15) is 57.9 Å².